The molecule has 0 saturated carbocycles. The van der Waals surface area contributed by atoms with Gasteiger partial charge in [0, 0.05) is 37.0 Å². The monoisotopic (exact) mass is 402 g/mol. The first-order chi connectivity index (χ1) is 14.1. The van der Waals surface area contributed by atoms with Crippen molar-refractivity contribution < 1.29 is 23.8 Å². The predicted octanol–water partition coefficient (Wildman–Crippen LogP) is 3.06. The number of benzene rings is 1. The number of H-pyrrole nitrogens is 1. The number of carbonyl (C=O) groups is 2. The van der Waals surface area contributed by atoms with Gasteiger partial charge in [0.1, 0.15) is 5.69 Å². The van der Waals surface area contributed by atoms with E-state index < -0.39 is 0 Å². The molecule has 158 valence electrons. The van der Waals surface area contributed by atoms with Crippen LogP contribution in [0.4, 0.5) is 0 Å². The molecule has 7 nitrogen and oxygen atoms in total. The number of rotatable bonds is 9. The topological polar surface area (TPSA) is 80.9 Å². The van der Waals surface area contributed by atoms with Gasteiger partial charge in [0.25, 0.3) is 0 Å². The Morgan fingerprint density at radius 2 is 1.90 bits per heavy atom. The molecule has 1 saturated heterocycles. The Kier molecular flexibility index (Phi) is 7.66. The van der Waals surface area contributed by atoms with Crippen LogP contribution in [0.15, 0.2) is 18.2 Å². The van der Waals surface area contributed by atoms with Gasteiger partial charge < -0.3 is 19.2 Å². The van der Waals surface area contributed by atoms with Gasteiger partial charge in [-0.25, -0.2) is 4.79 Å². The SMILES string of the molecule is CCOC(=O)CCCc1c(C(=O)OCC)[nH]c2ccc(CN3CCOCC3)cc12. The summed E-state index contributed by atoms with van der Waals surface area (Å²) in [6.07, 6.45) is 1.55. The van der Waals surface area contributed by atoms with E-state index in [1.165, 1.54) is 5.56 Å². The predicted molar refractivity (Wildman–Crippen MR) is 110 cm³/mol. The molecular weight excluding hydrogens is 372 g/mol. The van der Waals surface area contributed by atoms with Crippen molar-refractivity contribution in [3.8, 4) is 0 Å². The molecule has 0 aliphatic carbocycles. The lowest BCUT2D eigenvalue weighted by atomic mass is 10.0. The third-order valence-electron chi connectivity index (χ3n) is 5.07. The van der Waals surface area contributed by atoms with Gasteiger partial charge in [0.15, 0.2) is 0 Å². The van der Waals surface area contributed by atoms with Crippen LogP contribution in [0.25, 0.3) is 10.9 Å². The third-order valence-corrected chi connectivity index (χ3v) is 5.07. The summed E-state index contributed by atoms with van der Waals surface area (Å²) in [7, 11) is 0. The standard InChI is InChI=1S/C22H30N2O5/c1-3-28-20(25)7-5-6-17-18-14-16(15-24-10-12-27-13-11-24)8-9-19(18)23-21(17)22(26)29-4-2/h8-9,14,23H,3-7,10-13,15H2,1-2H3. The minimum atomic E-state index is -0.357. The van der Waals surface area contributed by atoms with E-state index in [4.69, 9.17) is 14.2 Å². The molecule has 1 N–H and O–H groups in total. The molecular formula is C22H30N2O5. The van der Waals surface area contributed by atoms with Crippen LogP contribution in [0.5, 0.6) is 0 Å². The van der Waals surface area contributed by atoms with E-state index in [-0.39, 0.29) is 11.9 Å². The van der Waals surface area contributed by atoms with Gasteiger partial charge in [0.2, 0.25) is 0 Å². The number of ether oxygens (including phenoxy) is 3. The zero-order chi connectivity index (χ0) is 20.6. The Labute approximate surface area is 171 Å². The van der Waals surface area contributed by atoms with Crippen LogP contribution in [-0.4, -0.2) is 61.3 Å². The first-order valence-electron chi connectivity index (χ1n) is 10.4. The van der Waals surface area contributed by atoms with Gasteiger partial charge in [-0.2, -0.15) is 0 Å². The van der Waals surface area contributed by atoms with Crippen molar-refractivity contribution in [2.24, 2.45) is 0 Å². The van der Waals surface area contributed by atoms with Crippen LogP contribution in [0.3, 0.4) is 0 Å². The van der Waals surface area contributed by atoms with E-state index >= 15 is 0 Å². The number of aromatic nitrogens is 1. The summed E-state index contributed by atoms with van der Waals surface area (Å²) < 4.78 is 15.7. The molecule has 0 atom stereocenters. The van der Waals surface area contributed by atoms with Crippen molar-refractivity contribution in [3.05, 3.63) is 35.0 Å². The molecule has 2 aromatic rings. The maximum atomic E-state index is 12.5. The van der Waals surface area contributed by atoms with Gasteiger partial charge >= 0.3 is 11.9 Å². The molecule has 0 spiro atoms. The number of fused-ring (bicyclic) bond motifs is 1. The summed E-state index contributed by atoms with van der Waals surface area (Å²) in [4.78, 5) is 29.7. The van der Waals surface area contributed by atoms with Crippen molar-refractivity contribution >= 4 is 22.8 Å². The maximum Gasteiger partial charge on any atom is 0.355 e. The number of aromatic amines is 1. The van der Waals surface area contributed by atoms with E-state index in [1.807, 2.05) is 6.07 Å². The molecule has 29 heavy (non-hydrogen) atoms. The summed E-state index contributed by atoms with van der Waals surface area (Å²) >= 11 is 0. The minimum Gasteiger partial charge on any atom is -0.466 e. The fourth-order valence-electron chi connectivity index (χ4n) is 3.69. The molecule has 1 aliphatic heterocycles. The lowest BCUT2D eigenvalue weighted by Crippen LogP contribution is -2.35. The van der Waals surface area contributed by atoms with E-state index in [1.54, 1.807) is 13.8 Å². The van der Waals surface area contributed by atoms with Crippen molar-refractivity contribution in [1.29, 1.82) is 0 Å². The summed E-state index contributed by atoms with van der Waals surface area (Å²) in [6.45, 7) is 8.51. The molecule has 1 aromatic carbocycles. The molecule has 2 heterocycles. The molecule has 0 amide bonds. The summed E-state index contributed by atoms with van der Waals surface area (Å²) in [5, 5.41) is 1.02. The minimum absolute atomic E-state index is 0.210. The van der Waals surface area contributed by atoms with Gasteiger partial charge in [-0.15, -0.1) is 0 Å². The van der Waals surface area contributed by atoms with Gasteiger partial charge in [-0.05, 0) is 49.9 Å². The van der Waals surface area contributed by atoms with Crippen LogP contribution in [0, 0.1) is 0 Å². The number of hydrogen-bond acceptors (Lipinski definition) is 6. The average Bonchev–Trinajstić information content (AvgIpc) is 3.07. The number of aryl methyl sites for hydroxylation is 1. The number of nitrogens with one attached hydrogen (secondary N) is 1. The highest BCUT2D eigenvalue weighted by Crippen LogP contribution is 2.27. The quantitative estimate of drug-likeness (QED) is 0.650. The Morgan fingerprint density at radius 3 is 2.62 bits per heavy atom. The van der Waals surface area contributed by atoms with Crippen molar-refractivity contribution in [3.63, 3.8) is 0 Å². The van der Waals surface area contributed by atoms with Crippen LogP contribution < -0.4 is 0 Å². The van der Waals surface area contributed by atoms with Crippen molar-refractivity contribution in [2.75, 3.05) is 39.5 Å². The molecule has 3 rings (SSSR count). The molecule has 0 unspecified atom stereocenters. The van der Waals surface area contributed by atoms with Crippen molar-refractivity contribution in [1.82, 2.24) is 9.88 Å². The summed E-state index contributed by atoms with van der Waals surface area (Å²) in [6, 6.07) is 6.25. The lowest BCUT2D eigenvalue weighted by Gasteiger charge is -2.26. The largest absolute Gasteiger partial charge is 0.466 e. The molecule has 0 bridgehead atoms. The smallest absolute Gasteiger partial charge is 0.355 e. The van der Waals surface area contributed by atoms with Crippen molar-refractivity contribution in [2.45, 2.75) is 39.7 Å². The third kappa shape index (κ3) is 5.58. The highest BCUT2D eigenvalue weighted by atomic mass is 16.5. The average molecular weight is 402 g/mol. The number of carbonyl (C=O) groups excluding carboxylic acids is 2. The van der Waals surface area contributed by atoms with Gasteiger partial charge in [-0.3, -0.25) is 9.69 Å². The highest BCUT2D eigenvalue weighted by Gasteiger charge is 2.20. The second-order valence-electron chi connectivity index (χ2n) is 7.13. The van der Waals surface area contributed by atoms with Crippen LogP contribution in [0.2, 0.25) is 0 Å². The molecule has 1 aromatic heterocycles. The van der Waals surface area contributed by atoms with E-state index in [0.29, 0.717) is 38.2 Å². The number of nitrogens with zero attached hydrogens (tertiary/aromatic N) is 1. The first kappa shape index (κ1) is 21.3. The Balaban J connectivity index is 1.83. The van der Waals surface area contributed by atoms with Gasteiger partial charge in [-0.1, -0.05) is 6.07 Å². The summed E-state index contributed by atoms with van der Waals surface area (Å²) in [5.41, 5.74) is 3.49. The zero-order valence-corrected chi connectivity index (χ0v) is 17.3. The Morgan fingerprint density at radius 1 is 1.14 bits per heavy atom. The maximum absolute atomic E-state index is 12.5. The highest BCUT2D eigenvalue weighted by molar-refractivity contribution is 5.98. The second kappa shape index (κ2) is 10.4. The number of esters is 2. The molecule has 7 heteroatoms. The van der Waals surface area contributed by atoms with Crippen LogP contribution in [-0.2, 0) is 32.0 Å². The van der Waals surface area contributed by atoms with E-state index in [0.717, 1.165) is 49.3 Å². The molecule has 1 fully saturated rings. The Bertz CT molecular complexity index is 839. The number of hydrogen-bond donors (Lipinski definition) is 1. The fourth-order valence-corrected chi connectivity index (χ4v) is 3.69. The van der Waals surface area contributed by atoms with E-state index in [9.17, 15) is 9.59 Å². The lowest BCUT2D eigenvalue weighted by molar-refractivity contribution is -0.143. The van der Waals surface area contributed by atoms with Crippen LogP contribution in [0.1, 0.15) is 48.3 Å². The zero-order valence-electron chi connectivity index (χ0n) is 17.3. The second-order valence-corrected chi connectivity index (χ2v) is 7.13. The van der Waals surface area contributed by atoms with Gasteiger partial charge in [0.05, 0.1) is 26.4 Å². The number of morpholine rings is 1. The van der Waals surface area contributed by atoms with Crippen LogP contribution >= 0.6 is 0 Å². The fraction of sp³-hybridized carbons (Fsp3) is 0.545. The Hall–Kier alpha value is -2.38. The normalized spacial score (nSPS) is 14.8. The summed E-state index contributed by atoms with van der Waals surface area (Å²) in [5.74, 6) is -0.567. The molecule has 0 radical (unpaired) electrons. The molecule has 1 aliphatic rings. The first-order valence-corrected chi connectivity index (χ1v) is 10.4. The van der Waals surface area contributed by atoms with E-state index in [2.05, 4.69) is 22.0 Å².